The van der Waals surface area contributed by atoms with Gasteiger partial charge >= 0.3 is 0 Å². The van der Waals surface area contributed by atoms with E-state index in [1.807, 2.05) is 52.0 Å². The van der Waals surface area contributed by atoms with Crippen LogP contribution in [0.3, 0.4) is 0 Å². The van der Waals surface area contributed by atoms with E-state index in [4.69, 9.17) is 11.5 Å². The number of nitriles is 1. The lowest BCUT2D eigenvalue weighted by Gasteiger charge is -2.29. The highest BCUT2D eigenvalue weighted by Crippen LogP contribution is 2.38. The molecule has 0 aliphatic carbocycles. The summed E-state index contributed by atoms with van der Waals surface area (Å²) >= 11 is 0. The van der Waals surface area contributed by atoms with Gasteiger partial charge in [-0.2, -0.15) is 5.26 Å². The van der Waals surface area contributed by atoms with Crippen molar-refractivity contribution in [1.29, 1.82) is 5.26 Å². The van der Waals surface area contributed by atoms with E-state index in [-0.39, 0.29) is 0 Å². The quantitative estimate of drug-likeness (QED) is 0.565. The van der Waals surface area contributed by atoms with Gasteiger partial charge in [0.1, 0.15) is 0 Å². The van der Waals surface area contributed by atoms with Gasteiger partial charge in [-0.3, -0.25) is 0 Å². The van der Waals surface area contributed by atoms with Crippen LogP contribution in [0.4, 0.5) is 17.1 Å². The average Bonchev–Trinajstić information content (AvgIpc) is 2.69. The SMILES string of the molecule is CC(C)(N)c1ccc(N(c2ccc(C(C)(C)N)cc2)c2ccccc2CC#N)cc1. The third-order valence-electron chi connectivity index (χ3n) is 5.24. The van der Waals surface area contributed by atoms with Crippen molar-refractivity contribution in [2.45, 2.75) is 45.2 Å². The molecule has 3 rings (SSSR count). The maximum absolute atomic E-state index is 9.32. The number of hydrogen-bond donors (Lipinski definition) is 2. The summed E-state index contributed by atoms with van der Waals surface area (Å²) in [6.07, 6.45) is 0.342. The maximum Gasteiger partial charge on any atom is 0.0670 e. The summed E-state index contributed by atoms with van der Waals surface area (Å²) < 4.78 is 0. The number of anilines is 3. The van der Waals surface area contributed by atoms with Crippen LogP contribution in [0.15, 0.2) is 72.8 Å². The molecule has 0 aromatic heterocycles. The molecule has 3 aromatic rings. The fourth-order valence-electron chi connectivity index (χ4n) is 3.47. The van der Waals surface area contributed by atoms with Crippen LogP contribution >= 0.6 is 0 Å². The summed E-state index contributed by atoms with van der Waals surface area (Å²) in [6.45, 7) is 7.98. The van der Waals surface area contributed by atoms with E-state index in [0.29, 0.717) is 6.42 Å². The molecule has 0 heterocycles. The normalized spacial score (nSPS) is 11.8. The predicted octanol–water partition coefficient (Wildman–Crippen LogP) is 5.61. The molecule has 0 amide bonds. The van der Waals surface area contributed by atoms with E-state index in [9.17, 15) is 5.26 Å². The van der Waals surface area contributed by atoms with E-state index in [0.717, 1.165) is 33.8 Å². The lowest BCUT2D eigenvalue weighted by atomic mass is 9.94. The summed E-state index contributed by atoms with van der Waals surface area (Å²) in [5.41, 5.74) is 17.8. The van der Waals surface area contributed by atoms with Gasteiger partial charge in [-0.1, -0.05) is 42.5 Å². The summed E-state index contributed by atoms with van der Waals surface area (Å²) in [4.78, 5) is 2.17. The fourth-order valence-corrected chi connectivity index (χ4v) is 3.47. The van der Waals surface area contributed by atoms with Crippen LogP contribution in [0.1, 0.15) is 44.4 Å². The maximum atomic E-state index is 9.32. The van der Waals surface area contributed by atoms with Crippen molar-refractivity contribution in [3.8, 4) is 6.07 Å². The fraction of sp³-hybridized carbons (Fsp3) is 0.269. The van der Waals surface area contributed by atoms with Gasteiger partial charge in [-0.15, -0.1) is 0 Å². The zero-order valence-corrected chi connectivity index (χ0v) is 18.2. The molecule has 0 fully saturated rings. The standard InChI is InChI=1S/C26H30N4/c1-25(2,28)20-9-13-22(14-10-20)30(24-8-6-5-7-19(24)17-18-27)23-15-11-21(12-16-23)26(3,4)29/h5-16H,17,28-29H2,1-4H3. The molecule has 4 N–H and O–H groups in total. The minimum Gasteiger partial charge on any atom is -0.322 e. The lowest BCUT2D eigenvalue weighted by Crippen LogP contribution is -2.28. The van der Waals surface area contributed by atoms with Crippen LogP contribution < -0.4 is 16.4 Å². The third-order valence-corrected chi connectivity index (χ3v) is 5.24. The first-order chi connectivity index (χ1) is 14.1. The second kappa shape index (κ2) is 8.31. The van der Waals surface area contributed by atoms with Crippen molar-refractivity contribution in [2.24, 2.45) is 11.5 Å². The minimum atomic E-state index is -0.406. The van der Waals surface area contributed by atoms with Gasteiger partial charge in [0.25, 0.3) is 0 Å². The van der Waals surface area contributed by atoms with Crippen LogP contribution in [0, 0.1) is 11.3 Å². The monoisotopic (exact) mass is 398 g/mol. The van der Waals surface area contributed by atoms with Gasteiger partial charge in [0.15, 0.2) is 0 Å². The molecular formula is C26H30N4. The van der Waals surface area contributed by atoms with E-state index < -0.39 is 11.1 Å². The molecule has 30 heavy (non-hydrogen) atoms. The third kappa shape index (κ3) is 4.71. The van der Waals surface area contributed by atoms with Crippen LogP contribution in [0.2, 0.25) is 0 Å². The molecule has 0 saturated carbocycles. The van der Waals surface area contributed by atoms with E-state index in [1.54, 1.807) is 0 Å². The zero-order chi connectivity index (χ0) is 21.9. The average molecular weight is 399 g/mol. The minimum absolute atomic E-state index is 0.342. The first-order valence-corrected chi connectivity index (χ1v) is 10.1. The number of nitrogens with two attached hydrogens (primary N) is 2. The van der Waals surface area contributed by atoms with Crippen LogP contribution in [0.5, 0.6) is 0 Å². The summed E-state index contributed by atoms with van der Waals surface area (Å²) in [6, 6.07) is 26.9. The number of para-hydroxylation sites is 1. The molecule has 0 unspecified atom stereocenters. The Labute approximate surface area is 179 Å². The summed E-state index contributed by atoms with van der Waals surface area (Å²) in [5, 5.41) is 9.32. The Kier molecular flexibility index (Phi) is 5.98. The number of hydrogen-bond acceptors (Lipinski definition) is 4. The highest BCUT2D eigenvalue weighted by molar-refractivity contribution is 5.78. The van der Waals surface area contributed by atoms with Crippen molar-refractivity contribution in [1.82, 2.24) is 0 Å². The van der Waals surface area contributed by atoms with Crippen LogP contribution in [-0.2, 0) is 17.5 Å². The Balaban J connectivity index is 2.14. The lowest BCUT2D eigenvalue weighted by molar-refractivity contribution is 0.554. The van der Waals surface area contributed by atoms with Gasteiger partial charge in [0.05, 0.1) is 18.2 Å². The van der Waals surface area contributed by atoms with Gasteiger partial charge < -0.3 is 16.4 Å². The first-order valence-electron chi connectivity index (χ1n) is 10.1. The predicted molar refractivity (Wildman–Crippen MR) is 125 cm³/mol. The molecule has 4 nitrogen and oxygen atoms in total. The highest BCUT2D eigenvalue weighted by Gasteiger charge is 2.19. The smallest absolute Gasteiger partial charge is 0.0670 e. The molecule has 154 valence electrons. The second-order valence-corrected chi connectivity index (χ2v) is 8.84. The molecule has 4 heteroatoms. The summed E-state index contributed by atoms with van der Waals surface area (Å²) in [7, 11) is 0. The van der Waals surface area contributed by atoms with Gasteiger partial charge in [-0.25, -0.2) is 0 Å². The Bertz CT molecular complexity index is 973. The Morgan fingerprint density at radius 1 is 0.733 bits per heavy atom. The topological polar surface area (TPSA) is 79.1 Å². The number of benzene rings is 3. The molecule has 0 bridgehead atoms. The van der Waals surface area contributed by atoms with Crippen molar-refractivity contribution < 1.29 is 0 Å². The molecular weight excluding hydrogens is 368 g/mol. The highest BCUT2D eigenvalue weighted by atomic mass is 15.1. The molecule has 0 aliphatic heterocycles. The Hall–Kier alpha value is -3.13. The largest absolute Gasteiger partial charge is 0.322 e. The number of nitrogens with zero attached hydrogens (tertiary/aromatic N) is 2. The van der Waals surface area contributed by atoms with Crippen molar-refractivity contribution >= 4 is 17.1 Å². The van der Waals surface area contributed by atoms with Crippen LogP contribution in [0.25, 0.3) is 0 Å². The zero-order valence-electron chi connectivity index (χ0n) is 18.2. The first kappa shape index (κ1) is 21.6. The van der Waals surface area contributed by atoms with E-state index in [1.165, 1.54) is 0 Å². The second-order valence-electron chi connectivity index (χ2n) is 8.84. The summed E-state index contributed by atoms with van der Waals surface area (Å²) in [5.74, 6) is 0. The van der Waals surface area contributed by atoms with E-state index >= 15 is 0 Å². The molecule has 3 aromatic carbocycles. The molecule has 0 saturated heterocycles. The van der Waals surface area contributed by atoms with Gasteiger partial charge in [-0.05, 0) is 74.7 Å². The van der Waals surface area contributed by atoms with E-state index in [2.05, 4.69) is 59.5 Å². The molecule has 0 radical (unpaired) electrons. The molecule has 0 aliphatic rings. The van der Waals surface area contributed by atoms with Gasteiger partial charge in [0, 0.05) is 22.5 Å². The molecule has 0 spiro atoms. The van der Waals surface area contributed by atoms with Gasteiger partial charge in [0.2, 0.25) is 0 Å². The molecule has 0 atom stereocenters. The Morgan fingerprint density at radius 2 is 1.17 bits per heavy atom. The van der Waals surface area contributed by atoms with Crippen molar-refractivity contribution in [2.75, 3.05) is 4.90 Å². The Morgan fingerprint density at radius 3 is 1.57 bits per heavy atom. The van der Waals surface area contributed by atoms with Crippen molar-refractivity contribution in [3.63, 3.8) is 0 Å². The van der Waals surface area contributed by atoms with Crippen LogP contribution in [-0.4, -0.2) is 0 Å². The number of rotatable bonds is 6. The van der Waals surface area contributed by atoms with Crippen molar-refractivity contribution in [3.05, 3.63) is 89.5 Å².